The Morgan fingerprint density at radius 2 is 1.17 bits per heavy atom. The zero-order valence-electron chi connectivity index (χ0n) is 20.2. The molecule has 0 aromatic rings. The van der Waals surface area contributed by atoms with Crippen molar-refractivity contribution in [3.63, 3.8) is 0 Å². The van der Waals surface area contributed by atoms with Crippen LogP contribution in [0.5, 0.6) is 0 Å². The first-order valence-corrected chi connectivity index (χ1v) is 13.0. The van der Waals surface area contributed by atoms with Gasteiger partial charge < -0.3 is 4.74 Å². The van der Waals surface area contributed by atoms with Crippen molar-refractivity contribution in [1.29, 1.82) is 0 Å². The number of esters is 1. The lowest BCUT2D eigenvalue weighted by molar-refractivity contribution is -0.143. The molecule has 0 saturated carbocycles. The molecule has 0 amide bonds. The summed E-state index contributed by atoms with van der Waals surface area (Å²) in [5, 5.41) is 0. The normalized spacial score (nSPS) is 12.5. The lowest BCUT2D eigenvalue weighted by Crippen LogP contribution is -2.02. The number of hydrogen-bond acceptors (Lipinski definition) is 2. The highest BCUT2D eigenvalue weighted by Crippen LogP contribution is 2.16. The van der Waals surface area contributed by atoms with Gasteiger partial charge in [0.05, 0.1) is 6.61 Å². The van der Waals surface area contributed by atoms with Crippen LogP contribution in [0.4, 0.5) is 0 Å². The van der Waals surface area contributed by atoms with Crippen LogP contribution >= 0.6 is 0 Å². The van der Waals surface area contributed by atoms with Crippen LogP contribution in [0, 0.1) is 5.92 Å². The molecule has 0 saturated heterocycles. The van der Waals surface area contributed by atoms with E-state index in [0.29, 0.717) is 18.9 Å². The number of hydrogen-bond donors (Lipinski definition) is 0. The second-order valence-electron chi connectivity index (χ2n) is 8.84. The molecule has 0 aliphatic carbocycles. The first kappa shape index (κ1) is 28.2. The molecule has 29 heavy (non-hydrogen) atoms. The maximum Gasteiger partial charge on any atom is 0.306 e. The fraction of sp³-hybridized carbons (Fsp3) is 0.889. The van der Waals surface area contributed by atoms with Crippen molar-refractivity contribution >= 4 is 5.97 Å². The number of allylic oxidation sites excluding steroid dienone is 2. The van der Waals surface area contributed by atoms with Crippen LogP contribution in [-0.4, -0.2) is 12.6 Å². The summed E-state index contributed by atoms with van der Waals surface area (Å²) in [5.74, 6) is 0.548. The van der Waals surface area contributed by atoms with Gasteiger partial charge >= 0.3 is 5.97 Å². The van der Waals surface area contributed by atoms with Gasteiger partial charge in [-0.05, 0) is 25.7 Å². The molecule has 0 bridgehead atoms. The molecule has 0 heterocycles. The van der Waals surface area contributed by atoms with E-state index >= 15 is 0 Å². The summed E-state index contributed by atoms with van der Waals surface area (Å²) < 4.78 is 4.94. The van der Waals surface area contributed by atoms with Crippen molar-refractivity contribution in [3.8, 4) is 0 Å². The van der Waals surface area contributed by atoms with E-state index in [-0.39, 0.29) is 5.97 Å². The molecule has 1 atom stereocenters. The highest BCUT2D eigenvalue weighted by atomic mass is 16.5. The van der Waals surface area contributed by atoms with Gasteiger partial charge in [-0.3, -0.25) is 4.79 Å². The Hall–Kier alpha value is -0.790. The minimum atomic E-state index is -0.0809. The van der Waals surface area contributed by atoms with E-state index < -0.39 is 0 Å². The standard InChI is InChI=1S/C27H52O2/c1-4-6-7-8-9-10-11-12-13-14-15-16-17-18-19-20-23-26(3)24-21-22-25-27(28)29-5-2/h21,24,26H,4-20,22-23,25H2,1-3H3. The number of unbranched alkanes of at least 4 members (excludes halogenated alkanes) is 15. The SMILES string of the molecule is CCCCCCCCCCCCCCCCCCC(C)C=CCCC(=O)OCC. The van der Waals surface area contributed by atoms with Gasteiger partial charge in [-0.2, -0.15) is 0 Å². The molecule has 0 aliphatic heterocycles. The quantitative estimate of drug-likeness (QED) is 0.101. The van der Waals surface area contributed by atoms with Gasteiger partial charge in [0.1, 0.15) is 0 Å². The third-order valence-corrected chi connectivity index (χ3v) is 5.80. The van der Waals surface area contributed by atoms with E-state index in [1.54, 1.807) is 0 Å². The Morgan fingerprint density at radius 1 is 0.724 bits per heavy atom. The molecule has 0 fully saturated rings. The van der Waals surface area contributed by atoms with Crippen LogP contribution in [-0.2, 0) is 9.53 Å². The second kappa shape index (κ2) is 23.5. The van der Waals surface area contributed by atoms with Gasteiger partial charge in [-0.1, -0.05) is 129 Å². The Labute approximate surface area is 183 Å². The summed E-state index contributed by atoms with van der Waals surface area (Å²) in [6.07, 6.45) is 29.8. The smallest absolute Gasteiger partial charge is 0.306 e. The summed E-state index contributed by atoms with van der Waals surface area (Å²) in [6, 6.07) is 0. The van der Waals surface area contributed by atoms with Crippen molar-refractivity contribution in [1.82, 2.24) is 0 Å². The van der Waals surface area contributed by atoms with Crippen molar-refractivity contribution in [2.45, 2.75) is 143 Å². The predicted octanol–water partition coefficient (Wildman–Crippen LogP) is 9.17. The summed E-state index contributed by atoms with van der Waals surface area (Å²) in [6.45, 7) is 6.91. The summed E-state index contributed by atoms with van der Waals surface area (Å²) in [7, 11) is 0. The van der Waals surface area contributed by atoms with E-state index in [1.165, 1.54) is 109 Å². The molecule has 0 N–H and O–H groups in total. The molecule has 0 rings (SSSR count). The maximum absolute atomic E-state index is 11.3. The molecule has 0 aromatic carbocycles. The van der Waals surface area contributed by atoms with Gasteiger partial charge in [-0.25, -0.2) is 0 Å². The van der Waals surface area contributed by atoms with E-state index in [2.05, 4.69) is 26.0 Å². The van der Waals surface area contributed by atoms with Crippen LogP contribution < -0.4 is 0 Å². The first-order valence-electron chi connectivity index (χ1n) is 13.0. The summed E-state index contributed by atoms with van der Waals surface area (Å²) in [4.78, 5) is 11.3. The van der Waals surface area contributed by atoms with Crippen LogP contribution in [0.15, 0.2) is 12.2 Å². The molecule has 0 radical (unpaired) electrons. The molecule has 172 valence electrons. The molecule has 0 spiro atoms. The topological polar surface area (TPSA) is 26.3 Å². The van der Waals surface area contributed by atoms with Crippen molar-refractivity contribution in [2.75, 3.05) is 6.61 Å². The minimum Gasteiger partial charge on any atom is -0.466 e. The summed E-state index contributed by atoms with van der Waals surface area (Å²) in [5.41, 5.74) is 0. The van der Waals surface area contributed by atoms with Crippen molar-refractivity contribution in [2.24, 2.45) is 5.92 Å². The Balaban J connectivity index is 3.23. The third-order valence-electron chi connectivity index (χ3n) is 5.80. The second-order valence-corrected chi connectivity index (χ2v) is 8.84. The molecule has 0 aliphatic rings. The summed E-state index contributed by atoms with van der Waals surface area (Å²) >= 11 is 0. The largest absolute Gasteiger partial charge is 0.466 e. The maximum atomic E-state index is 11.3. The average Bonchev–Trinajstić information content (AvgIpc) is 2.71. The number of carbonyl (C=O) groups is 1. The van der Waals surface area contributed by atoms with Crippen molar-refractivity contribution in [3.05, 3.63) is 12.2 Å². The number of rotatable bonds is 22. The zero-order chi connectivity index (χ0) is 21.4. The third kappa shape index (κ3) is 23.4. The van der Waals surface area contributed by atoms with Gasteiger partial charge in [-0.15, -0.1) is 0 Å². The lowest BCUT2D eigenvalue weighted by atomic mass is 10.0. The number of carbonyl (C=O) groups excluding carboxylic acids is 1. The highest BCUT2D eigenvalue weighted by molar-refractivity contribution is 5.69. The van der Waals surface area contributed by atoms with Crippen LogP contribution in [0.25, 0.3) is 0 Å². The van der Waals surface area contributed by atoms with E-state index in [9.17, 15) is 4.79 Å². The number of ether oxygens (including phenoxy) is 1. The van der Waals surface area contributed by atoms with E-state index in [4.69, 9.17) is 4.74 Å². The van der Waals surface area contributed by atoms with Gasteiger partial charge in [0, 0.05) is 6.42 Å². The Kier molecular flexibility index (Phi) is 22.8. The van der Waals surface area contributed by atoms with Gasteiger partial charge in [0.25, 0.3) is 0 Å². The van der Waals surface area contributed by atoms with Crippen LogP contribution in [0.2, 0.25) is 0 Å². The minimum absolute atomic E-state index is 0.0809. The fourth-order valence-electron chi connectivity index (χ4n) is 3.87. The van der Waals surface area contributed by atoms with Gasteiger partial charge in [0.2, 0.25) is 0 Å². The first-order chi connectivity index (χ1) is 14.2. The molecule has 0 aromatic heterocycles. The zero-order valence-corrected chi connectivity index (χ0v) is 20.2. The lowest BCUT2D eigenvalue weighted by Gasteiger charge is -2.06. The molecule has 1 unspecified atom stereocenters. The molecule has 2 heteroatoms. The monoisotopic (exact) mass is 408 g/mol. The van der Waals surface area contributed by atoms with Gasteiger partial charge in [0.15, 0.2) is 0 Å². The molecule has 2 nitrogen and oxygen atoms in total. The highest BCUT2D eigenvalue weighted by Gasteiger charge is 2.00. The van der Waals surface area contributed by atoms with E-state index in [1.807, 2.05) is 6.92 Å². The van der Waals surface area contributed by atoms with Crippen molar-refractivity contribution < 1.29 is 9.53 Å². The van der Waals surface area contributed by atoms with Crippen LogP contribution in [0.3, 0.4) is 0 Å². The predicted molar refractivity (Wildman–Crippen MR) is 128 cm³/mol. The fourth-order valence-corrected chi connectivity index (χ4v) is 3.87. The van der Waals surface area contributed by atoms with Crippen LogP contribution in [0.1, 0.15) is 143 Å². The molecular weight excluding hydrogens is 356 g/mol. The van der Waals surface area contributed by atoms with E-state index in [0.717, 1.165) is 6.42 Å². The Morgan fingerprint density at radius 3 is 1.62 bits per heavy atom. The molecular formula is C27H52O2. The average molecular weight is 409 g/mol. The Bertz CT molecular complexity index is 362.